The molecule has 2 N–H and O–H groups in total. The Hall–Kier alpha value is -1.84. The molecule has 4 nitrogen and oxygen atoms in total. The number of rotatable bonds is 2. The van der Waals surface area contributed by atoms with Crippen molar-refractivity contribution in [3.8, 4) is 0 Å². The number of nitrogens with one attached hydrogen (secondary N) is 2. The largest absolute Gasteiger partial charge is 0.335 e. The number of hydrogen-bond acceptors (Lipinski definition) is 2. The molecule has 1 spiro atoms. The van der Waals surface area contributed by atoms with Crippen molar-refractivity contribution in [2.24, 2.45) is 5.92 Å². The van der Waals surface area contributed by atoms with Crippen LogP contribution in [-0.4, -0.2) is 17.6 Å². The van der Waals surface area contributed by atoms with E-state index in [4.69, 9.17) is 0 Å². The van der Waals surface area contributed by atoms with Crippen molar-refractivity contribution >= 4 is 6.03 Å². The van der Waals surface area contributed by atoms with Crippen molar-refractivity contribution < 1.29 is 4.79 Å². The minimum Gasteiger partial charge on any atom is -0.335 e. The highest BCUT2D eigenvalue weighted by atomic mass is 16.2. The number of amides is 2. The second-order valence-corrected chi connectivity index (χ2v) is 4.70. The molecular weight excluding hydrogens is 214 g/mol. The predicted molar refractivity (Wildman–Crippen MR) is 64.5 cm³/mol. The Balaban J connectivity index is 2.07. The second kappa shape index (κ2) is 3.58. The summed E-state index contributed by atoms with van der Waals surface area (Å²) in [5, 5.41) is 5.95. The summed E-state index contributed by atoms with van der Waals surface area (Å²) in [6.45, 7) is 4.45. The SMILES string of the molecule is C=CCC1Cc2ncccc2C12CNC(=O)N2. The average molecular weight is 229 g/mol. The summed E-state index contributed by atoms with van der Waals surface area (Å²) in [6, 6.07) is 3.91. The number of fused-ring (bicyclic) bond motifs is 2. The Labute approximate surface area is 100 Å². The molecule has 4 heteroatoms. The number of pyridine rings is 1. The van der Waals surface area contributed by atoms with E-state index >= 15 is 0 Å². The van der Waals surface area contributed by atoms with E-state index in [2.05, 4.69) is 28.3 Å². The van der Waals surface area contributed by atoms with Crippen LogP contribution in [0.15, 0.2) is 31.0 Å². The van der Waals surface area contributed by atoms with Gasteiger partial charge in [0.05, 0.1) is 5.54 Å². The minimum atomic E-state index is -0.283. The highest BCUT2D eigenvalue weighted by Gasteiger charge is 2.50. The third kappa shape index (κ3) is 1.37. The first-order chi connectivity index (χ1) is 8.26. The van der Waals surface area contributed by atoms with E-state index in [1.165, 1.54) is 0 Å². The lowest BCUT2D eigenvalue weighted by molar-refractivity contribution is 0.236. The zero-order valence-corrected chi connectivity index (χ0v) is 9.57. The first-order valence-corrected chi connectivity index (χ1v) is 5.87. The summed E-state index contributed by atoms with van der Waals surface area (Å²) in [5.74, 6) is 0.351. The van der Waals surface area contributed by atoms with Crippen molar-refractivity contribution in [1.29, 1.82) is 0 Å². The van der Waals surface area contributed by atoms with Crippen LogP contribution < -0.4 is 10.6 Å². The lowest BCUT2D eigenvalue weighted by atomic mass is 9.82. The van der Waals surface area contributed by atoms with Crippen molar-refractivity contribution in [2.75, 3.05) is 6.54 Å². The summed E-state index contributed by atoms with van der Waals surface area (Å²) in [6.07, 6.45) is 5.53. The van der Waals surface area contributed by atoms with E-state index in [9.17, 15) is 4.79 Å². The van der Waals surface area contributed by atoms with Crippen LogP contribution in [0.4, 0.5) is 4.79 Å². The van der Waals surface area contributed by atoms with Crippen molar-refractivity contribution in [2.45, 2.75) is 18.4 Å². The number of hydrogen-bond donors (Lipinski definition) is 2. The Bertz CT molecular complexity index is 485. The maximum atomic E-state index is 11.5. The molecule has 0 saturated carbocycles. The van der Waals surface area contributed by atoms with E-state index in [1.54, 1.807) is 0 Å². The first-order valence-electron chi connectivity index (χ1n) is 5.87. The quantitative estimate of drug-likeness (QED) is 0.752. The second-order valence-electron chi connectivity index (χ2n) is 4.70. The highest BCUT2D eigenvalue weighted by molar-refractivity contribution is 5.78. The van der Waals surface area contributed by atoms with Crippen LogP contribution >= 0.6 is 0 Å². The van der Waals surface area contributed by atoms with Gasteiger partial charge in [-0.1, -0.05) is 12.1 Å². The van der Waals surface area contributed by atoms with Crippen LogP contribution in [-0.2, 0) is 12.0 Å². The lowest BCUT2D eigenvalue weighted by Crippen LogP contribution is -2.44. The molecule has 0 radical (unpaired) electrons. The summed E-state index contributed by atoms with van der Waals surface area (Å²) in [7, 11) is 0. The fraction of sp³-hybridized carbons (Fsp3) is 0.385. The average Bonchev–Trinajstić information content (AvgIpc) is 2.85. The molecule has 1 aromatic rings. The Morgan fingerprint density at radius 3 is 3.24 bits per heavy atom. The lowest BCUT2D eigenvalue weighted by Gasteiger charge is -2.30. The molecule has 0 bridgehead atoms. The molecule has 2 heterocycles. The van der Waals surface area contributed by atoms with Gasteiger partial charge in [0.1, 0.15) is 0 Å². The number of carbonyl (C=O) groups excluding carboxylic acids is 1. The fourth-order valence-electron chi connectivity index (χ4n) is 3.04. The van der Waals surface area contributed by atoms with Crippen LogP contribution in [0.2, 0.25) is 0 Å². The van der Waals surface area contributed by atoms with Crippen molar-refractivity contribution in [1.82, 2.24) is 15.6 Å². The Morgan fingerprint density at radius 2 is 2.53 bits per heavy atom. The molecular formula is C13H15N3O. The maximum absolute atomic E-state index is 11.5. The van der Waals surface area contributed by atoms with Crippen molar-refractivity contribution in [3.05, 3.63) is 42.2 Å². The Morgan fingerprint density at radius 1 is 1.65 bits per heavy atom. The van der Waals surface area contributed by atoms with E-state index in [0.29, 0.717) is 12.5 Å². The molecule has 1 aliphatic carbocycles. The third-order valence-corrected chi connectivity index (χ3v) is 3.82. The maximum Gasteiger partial charge on any atom is 0.315 e. The van der Waals surface area contributed by atoms with Gasteiger partial charge in [-0.15, -0.1) is 6.58 Å². The van der Waals surface area contributed by atoms with E-state index in [0.717, 1.165) is 24.1 Å². The van der Waals surface area contributed by atoms with Gasteiger partial charge in [0, 0.05) is 24.0 Å². The Kier molecular flexibility index (Phi) is 2.18. The molecule has 1 aliphatic heterocycles. The topological polar surface area (TPSA) is 54.0 Å². The van der Waals surface area contributed by atoms with Gasteiger partial charge < -0.3 is 10.6 Å². The van der Waals surface area contributed by atoms with Crippen molar-refractivity contribution in [3.63, 3.8) is 0 Å². The van der Waals surface area contributed by atoms with Gasteiger partial charge in [-0.3, -0.25) is 4.98 Å². The van der Waals surface area contributed by atoms with Gasteiger partial charge in [-0.05, 0) is 24.8 Å². The molecule has 0 aromatic carbocycles. The van der Waals surface area contributed by atoms with Gasteiger partial charge >= 0.3 is 6.03 Å². The number of carbonyl (C=O) groups is 1. The summed E-state index contributed by atoms with van der Waals surface area (Å²) in [4.78, 5) is 15.9. The van der Waals surface area contributed by atoms with Crippen LogP contribution in [0.25, 0.3) is 0 Å². The normalized spacial score (nSPS) is 29.9. The standard InChI is InChI=1S/C13H15N3O/c1-2-4-9-7-11-10(5-3-6-14-11)13(9)8-15-12(17)16-13/h2-3,5-6,9H,1,4,7-8H2,(H2,15,16,17). The number of allylic oxidation sites excluding steroid dienone is 1. The number of nitrogens with zero attached hydrogens (tertiary/aromatic N) is 1. The van der Waals surface area contributed by atoms with Gasteiger partial charge in [0.15, 0.2) is 0 Å². The smallest absolute Gasteiger partial charge is 0.315 e. The van der Waals surface area contributed by atoms with Crippen LogP contribution in [0, 0.1) is 5.92 Å². The summed E-state index contributed by atoms with van der Waals surface area (Å²) in [5.41, 5.74) is 1.98. The molecule has 1 aromatic heterocycles. The van der Waals surface area contributed by atoms with Gasteiger partial charge in [-0.25, -0.2) is 4.79 Å². The third-order valence-electron chi connectivity index (χ3n) is 3.82. The number of urea groups is 1. The summed E-state index contributed by atoms with van der Waals surface area (Å²) >= 11 is 0. The molecule has 2 unspecified atom stereocenters. The molecule has 1 saturated heterocycles. The van der Waals surface area contributed by atoms with E-state index in [1.807, 2.05) is 18.3 Å². The zero-order valence-electron chi connectivity index (χ0n) is 9.57. The summed E-state index contributed by atoms with van der Waals surface area (Å²) < 4.78 is 0. The molecule has 2 aliphatic rings. The van der Waals surface area contributed by atoms with E-state index < -0.39 is 0 Å². The molecule has 1 fully saturated rings. The van der Waals surface area contributed by atoms with Crippen LogP contribution in [0.1, 0.15) is 17.7 Å². The monoisotopic (exact) mass is 229 g/mol. The predicted octanol–water partition coefficient (Wildman–Crippen LogP) is 1.34. The minimum absolute atomic E-state index is 0.0873. The van der Waals surface area contributed by atoms with Gasteiger partial charge in [-0.2, -0.15) is 0 Å². The molecule has 88 valence electrons. The van der Waals surface area contributed by atoms with Gasteiger partial charge in [0.2, 0.25) is 0 Å². The van der Waals surface area contributed by atoms with Crippen LogP contribution in [0.5, 0.6) is 0 Å². The zero-order chi connectivity index (χ0) is 11.9. The molecule has 2 atom stereocenters. The molecule has 3 rings (SSSR count). The fourth-order valence-corrected chi connectivity index (χ4v) is 3.04. The van der Waals surface area contributed by atoms with E-state index in [-0.39, 0.29) is 11.6 Å². The highest BCUT2D eigenvalue weighted by Crippen LogP contribution is 2.43. The van der Waals surface area contributed by atoms with Crippen LogP contribution in [0.3, 0.4) is 0 Å². The molecule has 2 amide bonds. The van der Waals surface area contributed by atoms with Gasteiger partial charge in [0.25, 0.3) is 0 Å². The molecule has 17 heavy (non-hydrogen) atoms. The number of aromatic nitrogens is 1. The first kappa shape index (κ1) is 10.3.